The van der Waals surface area contributed by atoms with Crippen LogP contribution in [0.3, 0.4) is 0 Å². The number of likely N-dealkylation sites (N-methyl/N-ethyl adjacent to an activating group) is 1. The van der Waals surface area contributed by atoms with Crippen molar-refractivity contribution in [2.45, 2.75) is 32.7 Å². The molecule has 0 saturated carbocycles. The summed E-state index contributed by atoms with van der Waals surface area (Å²) >= 11 is 0. The van der Waals surface area contributed by atoms with Crippen molar-refractivity contribution >= 4 is 5.91 Å². The molecule has 0 bridgehead atoms. The van der Waals surface area contributed by atoms with E-state index < -0.39 is 5.41 Å². The van der Waals surface area contributed by atoms with Crippen LogP contribution in [0, 0.1) is 6.92 Å². The van der Waals surface area contributed by atoms with E-state index in [1.807, 2.05) is 58.2 Å². The highest BCUT2D eigenvalue weighted by atomic mass is 16.5. The lowest BCUT2D eigenvalue weighted by Gasteiger charge is -2.22. The summed E-state index contributed by atoms with van der Waals surface area (Å²) in [5.74, 6) is 0.433. The molecule has 4 rings (SSSR count). The van der Waals surface area contributed by atoms with Crippen LogP contribution in [0.4, 0.5) is 0 Å². The van der Waals surface area contributed by atoms with Crippen LogP contribution in [-0.2, 0) is 16.8 Å². The highest BCUT2D eigenvalue weighted by molar-refractivity contribution is 5.87. The Morgan fingerprint density at radius 3 is 2.47 bits per heavy atom. The van der Waals surface area contributed by atoms with Crippen molar-refractivity contribution in [2.24, 2.45) is 0 Å². The molecule has 0 atom stereocenters. The number of carbonyl (C=O) groups excluding carboxylic acids is 1. The minimum Gasteiger partial charge on any atom is -0.358 e. The molecule has 0 radical (unpaired) electrons. The monoisotopic (exact) mass is 456 g/mol. The highest BCUT2D eigenvalue weighted by Gasteiger charge is 2.30. The minimum absolute atomic E-state index is 0.110. The molecule has 0 aliphatic carbocycles. The summed E-state index contributed by atoms with van der Waals surface area (Å²) < 4.78 is 5.65. The van der Waals surface area contributed by atoms with E-state index in [4.69, 9.17) is 9.51 Å². The molecule has 1 amide bonds. The maximum atomic E-state index is 12.3. The van der Waals surface area contributed by atoms with Crippen molar-refractivity contribution in [3.8, 4) is 34.0 Å². The average Bonchev–Trinajstić information content (AvgIpc) is 3.34. The van der Waals surface area contributed by atoms with E-state index in [-0.39, 0.29) is 5.91 Å². The Balaban J connectivity index is 1.67. The first-order chi connectivity index (χ1) is 16.3. The summed E-state index contributed by atoms with van der Waals surface area (Å²) in [6.45, 7) is 6.37. The summed E-state index contributed by atoms with van der Waals surface area (Å²) in [5, 5.41) is 10.1. The first kappa shape index (κ1) is 23.3. The number of aryl methyl sites for hydroxylation is 1. The van der Waals surface area contributed by atoms with Gasteiger partial charge in [-0.1, -0.05) is 29.4 Å². The van der Waals surface area contributed by atoms with Gasteiger partial charge in [-0.2, -0.15) is 0 Å². The summed E-state index contributed by atoms with van der Waals surface area (Å²) in [7, 11) is 3.54. The largest absolute Gasteiger partial charge is 0.358 e. The molecule has 0 spiro atoms. The van der Waals surface area contributed by atoms with E-state index in [9.17, 15) is 4.79 Å². The van der Waals surface area contributed by atoms with Gasteiger partial charge in [0.15, 0.2) is 5.76 Å². The van der Waals surface area contributed by atoms with Crippen LogP contribution in [0.2, 0.25) is 0 Å². The summed E-state index contributed by atoms with van der Waals surface area (Å²) in [6, 6.07) is 13.8. The molecule has 0 unspecified atom stereocenters. The van der Waals surface area contributed by atoms with Crippen LogP contribution < -0.4 is 10.6 Å². The third-order valence-corrected chi connectivity index (χ3v) is 5.82. The highest BCUT2D eigenvalue weighted by Crippen LogP contribution is 2.30. The van der Waals surface area contributed by atoms with Gasteiger partial charge < -0.3 is 15.2 Å². The fraction of sp³-hybridized carbons (Fsp3) is 0.269. The Morgan fingerprint density at radius 1 is 1.00 bits per heavy atom. The maximum Gasteiger partial charge on any atom is 0.231 e. The summed E-state index contributed by atoms with van der Waals surface area (Å²) in [4.78, 5) is 26.1. The van der Waals surface area contributed by atoms with Gasteiger partial charge in [0.25, 0.3) is 0 Å². The van der Waals surface area contributed by atoms with Gasteiger partial charge in [-0.25, -0.2) is 4.98 Å². The van der Waals surface area contributed by atoms with Gasteiger partial charge in [-0.3, -0.25) is 14.8 Å². The lowest BCUT2D eigenvalue weighted by molar-refractivity contribution is -0.125. The molecule has 0 fully saturated rings. The molecule has 4 aromatic rings. The van der Waals surface area contributed by atoms with Crippen LogP contribution in [0.25, 0.3) is 34.0 Å². The maximum absolute atomic E-state index is 12.3. The molecule has 0 aliphatic rings. The molecule has 3 aromatic heterocycles. The second-order valence-corrected chi connectivity index (χ2v) is 8.63. The van der Waals surface area contributed by atoms with Crippen molar-refractivity contribution in [1.29, 1.82) is 0 Å². The number of benzene rings is 1. The lowest BCUT2D eigenvalue weighted by atomic mass is 9.87. The van der Waals surface area contributed by atoms with E-state index in [0.717, 1.165) is 29.1 Å². The molecule has 2 N–H and O–H groups in total. The van der Waals surface area contributed by atoms with Crippen LogP contribution in [0.5, 0.6) is 0 Å². The standard InChI is InChI=1S/C26H28N6O2/c1-16-24(22-13-20(32-34-22)18-8-6-17(7-9-18)14-27-4)31-21(15-30-16)19-10-11-29-23(12-19)26(2,3)25(33)28-5/h6-13,15,27H,14H2,1-5H3,(H,28,33). The molecule has 174 valence electrons. The third-order valence-electron chi connectivity index (χ3n) is 5.82. The van der Waals surface area contributed by atoms with Crippen molar-refractivity contribution in [3.63, 3.8) is 0 Å². The molecule has 3 heterocycles. The fourth-order valence-electron chi connectivity index (χ4n) is 3.70. The van der Waals surface area contributed by atoms with E-state index in [1.165, 1.54) is 5.56 Å². The lowest BCUT2D eigenvalue weighted by Crippen LogP contribution is -2.38. The zero-order valence-corrected chi connectivity index (χ0v) is 20.0. The number of aromatic nitrogens is 4. The van der Waals surface area contributed by atoms with Crippen LogP contribution >= 0.6 is 0 Å². The van der Waals surface area contributed by atoms with E-state index in [1.54, 1.807) is 19.4 Å². The molecule has 8 heteroatoms. The van der Waals surface area contributed by atoms with Crippen molar-refractivity contribution in [1.82, 2.24) is 30.7 Å². The Labute approximate surface area is 198 Å². The molecule has 34 heavy (non-hydrogen) atoms. The number of nitrogens with zero attached hydrogens (tertiary/aromatic N) is 4. The van der Waals surface area contributed by atoms with Crippen molar-refractivity contribution in [2.75, 3.05) is 14.1 Å². The van der Waals surface area contributed by atoms with Gasteiger partial charge >= 0.3 is 0 Å². The van der Waals surface area contributed by atoms with Gasteiger partial charge in [-0.05, 0) is 45.5 Å². The average molecular weight is 457 g/mol. The predicted octanol–water partition coefficient (Wildman–Crippen LogP) is 3.91. The van der Waals surface area contributed by atoms with Crippen LogP contribution in [0.15, 0.2) is 59.4 Å². The van der Waals surface area contributed by atoms with E-state index in [2.05, 4.69) is 37.9 Å². The Morgan fingerprint density at radius 2 is 1.76 bits per heavy atom. The SMILES string of the molecule is CNCc1ccc(-c2cc(-c3nc(-c4ccnc(C(C)(C)C(=O)NC)c4)cnc3C)on2)cc1. The second-order valence-electron chi connectivity index (χ2n) is 8.63. The Hall–Kier alpha value is -3.91. The van der Waals surface area contributed by atoms with Crippen LogP contribution in [-0.4, -0.2) is 40.1 Å². The topological polar surface area (TPSA) is 106 Å². The molecule has 1 aromatic carbocycles. The first-order valence-electron chi connectivity index (χ1n) is 11.1. The second kappa shape index (κ2) is 9.52. The molecule has 0 saturated heterocycles. The number of carbonyl (C=O) groups is 1. The quantitative estimate of drug-likeness (QED) is 0.434. The van der Waals surface area contributed by atoms with Crippen molar-refractivity contribution in [3.05, 3.63) is 71.8 Å². The van der Waals surface area contributed by atoms with Crippen molar-refractivity contribution < 1.29 is 9.32 Å². The van der Waals surface area contributed by atoms with Crippen LogP contribution in [0.1, 0.15) is 30.8 Å². The number of rotatable bonds is 7. The Bertz CT molecular complexity index is 1310. The van der Waals surface area contributed by atoms with Gasteiger partial charge in [0.1, 0.15) is 11.4 Å². The normalized spacial score (nSPS) is 11.4. The molecular formula is C26H28N6O2. The molecule has 0 aliphatic heterocycles. The number of pyridine rings is 1. The van der Waals surface area contributed by atoms with Gasteiger partial charge in [-0.15, -0.1) is 0 Å². The predicted molar refractivity (Wildman–Crippen MR) is 131 cm³/mol. The minimum atomic E-state index is -0.783. The van der Waals surface area contributed by atoms with E-state index >= 15 is 0 Å². The number of amides is 1. The molecular weight excluding hydrogens is 428 g/mol. The molecule has 8 nitrogen and oxygen atoms in total. The zero-order chi connectivity index (χ0) is 24.3. The van der Waals surface area contributed by atoms with Gasteiger partial charge in [0.05, 0.1) is 28.7 Å². The zero-order valence-electron chi connectivity index (χ0n) is 20.0. The fourth-order valence-corrected chi connectivity index (χ4v) is 3.70. The third kappa shape index (κ3) is 4.58. The number of hydrogen-bond donors (Lipinski definition) is 2. The summed E-state index contributed by atoms with van der Waals surface area (Å²) in [5.41, 5.74) is 5.58. The smallest absolute Gasteiger partial charge is 0.231 e. The number of hydrogen-bond acceptors (Lipinski definition) is 7. The summed E-state index contributed by atoms with van der Waals surface area (Å²) in [6.07, 6.45) is 3.39. The number of nitrogens with one attached hydrogen (secondary N) is 2. The van der Waals surface area contributed by atoms with Gasteiger partial charge in [0, 0.05) is 37.0 Å². The Kier molecular flexibility index (Phi) is 6.51. The first-order valence-corrected chi connectivity index (χ1v) is 11.1. The van der Waals surface area contributed by atoms with E-state index in [0.29, 0.717) is 22.8 Å². The van der Waals surface area contributed by atoms with Gasteiger partial charge in [0.2, 0.25) is 5.91 Å².